The van der Waals surface area contributed by atoms with E-state index in [4.69, 9.17) is 4.74 Å². The van der Waals surface area contributed by atoms with E-state index in [1.807, 2.05) is 13.8 Å². The van der Waals surface area contributed by atoms with Crippen LogP contribution in [0.3, 0.4) is 0 Å². The number of alkyl halides is 2. The monoisotopic (exact) mass is 367 g/mol. The lowest BCUT2D eigenvalue weighted by Gasteiger charge is -2.34. The van der Waals surface area contributed by atoms with Crippen LogP contribution in [-0.2, 0) is 14.9 Å². The lowest BCUT2D eigenvalue weighted by atomic mass is 9.86. The van der Waals surface area contributed by atoms with Crippen molar-refractivity contribution in [1.29, 1.82) is 0 Å². The number of esters is 1. The second-order valence-electron chi connectivity index (χ2n) is 7.43. The van der Waals surface area contributed by atoms with Gasteiger partial charge in [-0.2, -0.15) is 8.78 Å². The highest BCUT2D eigenvalue weighted by atomic mass is 19.3. The van der Waals surface area contributed by atoms with E-state index in [2.05, 4.69) is 4.74 Å². The first-order valence-corrected chi connectivity index (χ1v) is 8.85. The number of ether oxygens (including phenoxy) is 2. The number of benzene rings is 1. The zero-order valence-electron chi connectivity index (χ0n) is 15.0. The number of carbonyl (C=O) groups is 2. The molecule has 3 rings (SSSR count). The number of fused-ring (bicyclic) bond motifs is 2. The van der Waals surface area contributed by atoms with Crippen LogP contribution in [0.1, 0.15) is 49.0 Å². The highest BCUT2D eigenvalue weighted by molar-refractivity contribution is 5.99. The summed E-state index contributed by atoms with van der Waals surface area (Å²) in [6, 6.07) is 4.40. The van der Waals surface area contributed by atoms with Crippen molar-refractivity contribution in [2.45, 2.75) is 45.1 Å². The van der Waals surface area contributed by atoms with Gasteiger partial charge in [0.2, 0.25) is 0 Å². The van der Waals surface area contributed by atoms with Gasteiger partial charge in [-0.1, -0.05) is 13.8 Å². The van der Waals surface area contributed by atoms with E-state index < -0.39 is 12.6 Å². The zero-order chi connectivity index (χ0) is 18.9. The summed E-state index contributed by atoms with van der Waals surface area (Å²) in [5.41, 5.74) is 0.929. The van der Waals surface area contributed by atoms with E-state index in [1.54, 1.807) is 0 Å². The first-order chi connectivity index (χ1) is 12.3. The van der Waals surface area contributed by atoms with Crippen molar-refractivity contribution in [2.75, 3.05) is 19.7 Å². The van der Waals surface area contributed by atoms with Crippen molar-refractivity contribution in [3.8, 4) is 5.75 Å². The first kappa shape index (κ1) is 18.6. The van der Waals surface area contributed by atoms with Crippen molar-refractivity contribution in [3.05, 3.63) is 29.3 Å². The second kappa shape index (κ2) is 7.21. The maximum atomic E-state index is 12.7. The lowest BCUT2D eigenvalue weighted by Crippen LogP contribution is -2.46. The predicted octanol–water partition coefficient (Wildman–Crippen LogP) is 3.36. The minimum atomic E-state index is -2.90. The Morgan fingerprint density at radius 3 is 2.65 bits per heavy atom. The van der Waals surface area contributed by atoms with Gasteiger partial charge in [0.15, 0.2) is 0 Å². The summed E-state index contributed by atoms with van der Waals surface area (Å²) in [5, 5.41) is 0. The maximum absolute atomic E-state index is 12.7. The summed E-state index contributed by atoms with van der Waals surface area (Å²) in [6.07, 6.45) is 2.48. The third-order valence-corrected chi connectivity index (χ3v) is 4.93. The van der Waals surface area contributed by atoms with Gasteiger partial charge in [-0.25, -0.2) is 0 Å². The molecule has 0 saturated heterocycles. The molecule has 2 aliphatic rings. The molecule has 1 aromatic rings. The van der Waals surface area contributed by atoms with Crippen molar-refractivity contribution in [3.63, 3.8) is 0 Å². The van der Waals surface area contributed by atoms with Crippen LogP contribution in [0.5, 0.6) is 5.75 Å². The van der Waals surface area contributed by atoms with Gasteiger partial charge in [-0.05, 0) is 48.9 Å². The van der Waals surface area contributed by atoms with Crippen LogP contribution < -0.4 is 4.74 Å². The van der Waals surface area contributed by atoms with E-state index >= 15 is 0 Å². The minimum Gasteiger partial charge on any atom is -0.464 e. The Hall–Kier alpha value is -2.18. The summed E-state index contributed by atoms with van der Waals surface area (Å²) in [6.45, 7) is 1.83. The van der Waals surface area contributed by atoms with Gasteiger partial charge in [0.1, 0.15) is 12.3 Å². The van der Waals surface area contributed by atoms with E-state index in [0.717, 1.165) is 24.8 Å². The zero-order valence-corrected chi connectivity index (χ0v) is 15.0. The Kier molecular flexibility index (Phi) is 5.16. The average molecular weight is 367 g/mol. The van der Waals surface area contributed by atoms with Crippen molar-refractivity contribution in [1.82, 2.24) is 4.90 Å². The van der Waals surface area contributed by atoms with Gasteiger partial charge in [-0.3, -0.25) is 9.59 Å². The number of hydrogen-bond acceptors (Lipinski definition) is 4. The highest BCUT2D eigenvalue weighted by Crippen LogP contribution is 2.53. The van der Waals surface area contributed by atoms with Gasteiger partial charge in [0, 0.05) is 17.5 Å². The molecule has 1 fully saturated rings. The molecule has 0 N–H and O–H groups in total. The van der Waals surface area contributed by atoms with E-state index in [9.17, 15) is 18.4 Å². The topological polar surface area (TPSA) is 55.8 Å². The fourth-order valence-corrected chi connectivity index (χ4v) is 3.33. The van der Waals surface area contributed by atoms with E-state index in [-0.39, 0.29) is 23.6 Å². The summed E-state index contributed by atoms with van der Waals surface area (Å²) in [4.78, 5) is 26.3. The Bertz CT molecular complexity index is 701. The van der Waals surface area contributed by atoms with E-state index in [1.165, 1.54) is 23.1 Å². The number of amides is 1. The summed E-state index contributed by atoms with van der Waals surface area (Å²) >= 11 is 0. The first-order valence-electron chi connectivity index (χ1n) is 8.85. The SMILES string of the molecule is CC(C)CCOC(=O)CN1CC2(CC2)c2cc(OC(F)F)ccc2C1=O. The molecular formula is C19H23F2NO4. The molecule has 5 nitrogen and oxygen atoms in total. The second-order valence-corrected chi connectivity index (χ2v) is 7.43. The number of hydrogen-bond donors (Lipinski definition) is 0. The Morgan fingerprint density at radius 2 is 2.04 bits per heavy atom. The minimum absolute atomic E-state index is 0.0550. The molecule has 1 spiro atoms. The number of rotatable bonds is 7. The normalized spacial score (nSPS) is 17.6. The van der Waals surface area contributed by atoms with E-state index in [0.29, 0.717) is 24.6 Å². The number of halogens is 2. The largest absolute Gasteiger partial charge is 0.464 e. The van der Waals surface area contributed by atoms with Gasteiger partial charge in [-0.15, -0.1) is 0 Å². The molecule has 26 heavy (non-hydrogen) atoms. The smallest absolute Gasteiger partial charge is 0.387 e. The lowest BCUT2D eigenvalue weighted by molar-refractivity contribution is -0.144. The van der Waals surface area contributed by atoms with Gasteiger partial charge in [0.25, 0.3) is 5.91 Å². The van der Waals surface area contributed by atoms with Crippen LogP contribution >= 0.6 is 0 Å². The van der Waals surface area contributed by atoms with Gasteiger partial charge >= 0.3 is 12.6 Å². The quantitative estimate of drug-likeness (QED) is 0.694. The van der Waals surface area contributed by atoms with Crippen LogP contribution in [0.25, 0.3) is 0 Å². The van der Waals surface area contributed by atoms with Gasteiger partial charge in [0.05, 0.1) is 6.61 Å². The third kappa shape index (κ3) is 3.97. The molecule has 1 aliphatic heterocycles. The van der Waals surface area contributed by atoms with Gasteiger partial charge < -0.3 is 14.4 Å². The summed E-state index contributed by atoms with van der Waals surface area (Å²) < 4.78 is 34.6. The molecule has 1 amide bonds. The van der Waals surface area contributed by atoms with Crippen LogP contribution in [0, 0.1) is 5.92 Å². The van der Waals surface area contributed by atoms with Crippen LogP contribution in [-0.4, -0.2) is 43.1 Å². The van der Waals surface area contributed by atoms with Crippen LogP contribution in [0.15, 0.2) is 18.2 Å². The molecular weight excluding hydrogens is 344 g/mol. The molecule has 1 saturated carbocycles. The number of carbonyl (C=O) groups excluding carboxylic acids is 2. The third-order valence-electron chi connectivity index (χ3n) is 4.93. The molecule has 142 valence electrons. The number of nitrogens with zero attached hydrogens (tertiary/aromatic N) is 1. The van der Waals surface area contributed by atoms with Crippen molar-refractivity contribution < 1.29 is 27.8 Å². The molecule has 7 heteroatoms. The fourth-order valence-electron chi connectivity index (χ4n) is 3.33. The highest BCUT2D eigenvalue weighted by Gasteiger charge is 2.51. The molecule has 1 aliphatic carbocycles. The predicted molar refractivity (Wildman–Crippen MR) is 90.3 cm³/mol. The summed E-state index contributed by atoms with van der Waals surface area (Å²) in [7, 11) is 0. The molecule has 0 unspecified atom stereocenters. The molecule has 0 radical (unpaired) electrons. The van der Waals surface area contributed by atoms with Crippen LogP contribution in [0.4, 0.5) is 8.78 Å². The van der Waals surface area contributed by atoms with Crippen molar-refractivity contribution in [2.24, 2.45) is 5.92 Å². The van der Waals surface area contributed by atoms with Crippen LogP contribution in [0.2, 0.25) is 0 Å². The Balaban J connectivity index is 1.71. The fraction of sp³-hybridized carbons (Fsp3) is 0.579. The molecule has 1 aromatic carbocycles. The maximum Gasteiger partial charge on any atom is 0.387 e. The molecule has 0 aromatic heterocycles. The Morgan fingerprint density at radius 1 is 1.31 bits per heavy atom. The van der Waals surface area contributed by atoms with Crippen molar-refractivity contribution >= 4 is 11.9 Å². The average Bonchev–Trinajstić information content (AvgIpc) is 3.32. The molecule has 0 bridgehead atoms. The molecule has 0 atom stereocenters. The standard InChI is InChI=1S/C19H23F2NO4/c1-12(2)5-8-25-16(23)10-22-11-19(6-7-19)15-9-13(26-18(20)21)3-4-14(15)17(22)24/h3-4,9,12,18H,5-8,10-11H2,1-2H3. The summed E-state index contributed by atoms with van der Waals surface area (Å²) in [5.74, 6) is -0.206. The Labute approximate surface area is 151 Å². The molecule has 1 heterocycles.